The van der Waals surface area contributed by atoms with Gasteiger partial charge >= 0.3 is 0 Å². The van der Waals surface area contributed by atoms with Crippen LogP contribution in [0.15, 0.2) is 0 Å². The lowest BCUT2D eigenvalue weighted by Gasteiger charge is -2.31. The molecule has 3 nitrogen and oxygen atoms in total. The molecule has 1 fully saturated rings. The monoisotopic (exact) mass is 174 g/mol. The number of hydrogen-bond acceptors (Lipinski definition) is 3. The van der Waals surface area contributed by atoms with Crippen molar-refractivity contribution >= 4 is 9.20 Å². The van der Waals surface area contributed by atoms with Crippen molar-refractivity contribution in [2.75, 3.05) is 32.8 Å². The van der Waals surface area contributed by atoms with E-state index >= 15 is 0 Å². The third-order valence-corrected chi connectivity index (χ3v) is 4.43. The normalized spacial score (nSPS) is 23.5. The van der Waals surface area contributed by atoms with E-state index in [0.29, 0.717) is 0 Å². The zero-order valence-electron chi connectivity index (χ0n) is 7.47. The molecule has 1 atom stereocenters. The van der Waals surface area contributed by atoms with Crippen molar-refractivity contribution in [1.82, 2.24) is 9.88 Å². The van der Waals surface area contributed by atoms with Crippen LogP contribution in [0.4, 0.5) is 0 Å². The summed E-state index contributed by atoms with van der Waals surface area (Å²) in [6.45, 7) is 9.81. The second-order valence-corrected chi connectivity index (χ2v) is 5.10. The van der Waals surface area contributed by atoms with Crippen LogP contribution in [0, 0.1) is 0 Å². The third kappa shape index (κ3) is 2.90. The third-order valence-electron chi connectivity index (χ3n) is 2.07. The van der Waals surface area contributed by atoms with Gasteiger partial charge in [-0.3, -0.25) is 0 Å². The molecule has 1 saturated heterocycles. The fraction of sp³-hybridized carbons (Fsp3) is 1.00. The number of piperazine rings is 1. The summed E-state index contributed by atoms with van der Waals surface area (Å²) in [5.74, 6) is 0. The largest absolute Gasteiger partial charge is 0.406 e. The molecule has 0 aromatic heterocycles. The Kier molecular flexibility index (Phi) is 4.07. The van der Waals surface area contributed by atoms with Crippen LogP contribution in [0.2, 0.25) is 6.55 Å². The summed E-state index contributed by atoms with van der Waals surface area (Å²) in [5.41, 5.74) is 0. The predicted molar refractivity (Wildman–Crippen MR) is 49.1 cm³/mol. The molecular formula is C7H18N2OSi. The number of nitrogens with zero attached hydrogens (tertiary/aromatic N) is 1. The quantitative estimate of drug-likeness (QED) is 0.599. The number of rotatable bonds is 3. The summed E-state index contributed by atoms with van der Waals surface area (Å²) in [4.78, 5) is 0. The van der Waals surface area contributed by atoms with Gasteiger partial charge in [0.2, 0.25) is 0 Å². The summed E-state index contributed by atoms with van der Waals surface area (Å²) in [7, 11) is -0.990. The maximum absolute atomic E-state index is 5.62. The summed E-state index contributed by atoms with van der Waals surface area (Å²) in [6.07, 6.45) is 0. The summed E-state index contributed by atoms with van der Waals surface area (Å²) in [5, 5.41) is 3.34. The maximum Gasteiger partial charge on any atom is 0.251 e. The highest BCUT2D eigenvalue weighted by Crippen LogP contribution is 1.98. The zero-order valence-corrected chi connectivity index (χ0v) is 8.62. The second kappa shape index (κ2) is 4.87. The van der Waals surface area contributed by atoms with Crippen molar-refractivity contribution in [3.8, 4) is 0 Å². The minimum absolute atomic E-state index is 0.872. The lowest BCUT2D eigenvalue weighted by Crippen LogP contribution is -2.50. The van der Waals surface area contributed by atoms with Crippen molar-refractivity contribution in [3.63, 3.8) is 0 Å². The van der Waals surface area contributed by atoms with E-state index < -0.39 is 9.20 Å². The fourth-order valence-corrected chi connectivity index (χ4v) is 3.07. The fourth-order valence-electron chi connectivity index (χ4n) is 1.39. The van der Waals surface area contributed by atoms with Crippen LogP contribution in [-0.4, -0.2) is 46.6 Å². The van der Waals surface area contributed by atoms with E-state index in [-0.39, 0.29) is 0 Å². The van der Waals surface area contributed by atoms with Crippen molar-refractivity contribution in [3.05, 3.63) is 0 Å². The first-order valence-electron chi connectivity index (χ1n) is 4.41. The zero-order chi connectivity index (χ0) is 8.10. The molecule has 1 aliphatic rings. The van der Waals surface area contributed by atoms with Gasteiger partial charge in [-0.25, -0.2) is 0 Å². The summed E-state index contributed by atoms with van der Waals surface area (Å²) >= 11 is 0. The second-order valence-electron chi connectivity index (χ2n) is 2.84. The Hall–Kier alpha value is 0.0969. The minimum Gasteiger partial charge on any atom is -0.406 e. The molecule has 66 valence electrons. The van der Waals surface area contributed by atoms with Gasteiger partial charge in [0, 0.05) is 32.8 Å². The van der Waals surface area contributed by atoms with Gasteiger partial charge in [-0.2, -0.15) is 0 Å². The van der Waals surface area contributed by atoms with E-state index in [4.69, 9.17) is 4.43 Å². The molecule has 0 aromatic rings. The van der Waals surface area contributed by atoms with Gasteiger partial charge in [0.25, 0.3) is 9.20 Å². The van der Waals surface area contributed by atoms with E-state index in [0.717, 1.165) is 19.7 Å². The molecule has 1 N–H and O–H groups in total. The van der Waals surface area contributed by atoms with Gasteiger partial charge in [0.05, 0.1) is 0 Å². The highest BCUT2D eigenvalue weighted by Gasteiger charge is 2.17. The molecule has 1 unspecified atom stereocenters. The Morgan fingerprint density at radius 1 is 1.45 bits per heavy atom. The summed E-state index contributed by atoms with van der Waals surface area (Å²) < 4.78 is 8.12. The van der Waals surface area contributed by atoms with E-state index in [2.05, 4.69) is 23.4 Å². The molecule has 11 heavy (non-hydrogen) atoms. The molecule has 1 heterocycles. The van der Waals surface area contributed by atoms with Crippen molar-refractivity contribution < 1.29 is 4.43 Å². The molecule has 0 amide bonds. The first-order chi connectivity index (χ1) is 5.34. The molecule has 0 spiro atoms. The topological polar surface area (TPSA) is 24.5 Å². The van der Waals surface area contributed by atoms with Crippen molar-refractivity contribution in [2.45, 2.75) is 13.5 Å². The van der Waals surface area contributed by atoms with Crippen LogP contribution in [0.1, 0.15) is 6.92 Å². The summed E-state index contributed by atoms with van der Waals surface area (Å²) in [6, 6.07) is 0. The highest BCUT2D eigenvalue weighted by atomic mass is 28.3. The van der Waals surface area contributed by atoms with E-state index in [1.54, 1.807) is 0 Å². The van der Waals surface area contributed by atoms with Crippen LogP contribution < -0.4 is 5.32 Å². The Bertz CT molecular complexity index is 107. The number of nitrogens with one attached hydrogen (secondary N) is 1. The van der Waals surface area contributed by atoms with E-state index in [1.165, 1.54) is 13.1 Å². The average molecular weight is 174 g/mol. The molecule has 0 saturated carbocycles. The molecule has 0 aromatic carbocycles. The first-order valence-corrected chi connectivity index (χ1v) is 6.55. The van der Waals surface area contributed by atoms with Crippen LogP contribution in [0.25, 0.3) is 0 Å². The Morgan fingerprint density at radius 3 is 2.64 bits per heavy atom. The van der Waals surface area contributed by atoms with Crippen LogP contribution >= 0.6 is 0 Å². The molecule has 0 radical (unpaired) electrons. The van der Waals surface area contributed by atoms with Gasteiger partial charge in [-0.15, -0.1) is 0 Å². The predicted octanol–water partition coefficient (Wildman–Crippen LogP) is -0.222. The van der Waals surface area contributed by atoms with Crippen molar-refractivity contribution in [1.29, 1.82) is 0 Å². The molecule has 4 heteroatoms. The molecule has 0 aliphatic carbocycles. The van der Waals surface area contributed by atoms with Crippen molar-refractivity contribution in [2.24, 2.45) is 0 Å². The smallest absolute Gasteiger partial charge is 0.251 e. The van der Waals surface area contributed by atoms with Gasteiger partial charge in [0.15, 0.2) is 0 Å². The Morgan fingerprint density at radius 2 is 2.09 bits per heavy atom. The lowest BCUT2D eigenvalue weighted by molar-refractivity contribution is 0.260. The SMILES string of the molecule is CCO[SiH](C)N1CCNCC1. The maximum atomic E-state index is 5.62. The van der Waals surface area contributed by atoms with Gasteiger partial charge in [0.1, 0.15) is 0 Å². The molecule has 0 bridgehead atoms. The first kappa shape index (κ1) is 9.19. The highest BCUT2D eigenvalue weighted by molar-refractivity contribution is 6.46. The van der Waals surface area contributed by atoms with Crippen LogP contribution in [-0.2, 0) is 4.43 Å². The Balaban J connectivity index is 2.21. The lowest BCUT2D eigenvalue weighted by atomic mass is 10.4. The number of hydrogen-bond donors (Lipinski definition) is 1. The van der Waals surface area contributed by atoms with Gasteiger partial charge in [-0.05, 0) is 13.5 Å². The van der Waals surface area contributed by atoms with E-state index in [9.17, 15) is 0 Å². The standard InChI is InChI=1S/C7H18N2OSi/c1-3-10-11(2)9-6-4-8-5-7-9/h8,11H,3-7H2,1-2H3. The average Bonchev–Trinajstić information content (AvgIpc) is 2.07. The van der Waals surface area contributed by atoms with Crippen LogP contribution in [0.3, 0.4) is 0 Å². The minimum atomic E-state index is -0.990. The molecule has 1 aliphatic heterocycles. The van der Waals surface area contributed by atoms with E-state index in [1.807, 2.05) is 0 Å². The molecule has 1 rings (SSSR count). The van der Waals surface area contributed by atoms with Gasteiger partial charge in [-0.1, -0.05) is 0 Å². The molecular weight excluding hydrogens is 156 g/mol. The Labute approximate surface area is 70.5 Å². The van der Waals surface area contributed by atoms with Gasteiger partial charge < -0.3 is 14.3 Å². The van der Waals surface area contributed by atoms with Crippen LogP contribution in [0.5, 0.6) is 0 Å².